The van der Waals surface area contributed by atoms with Gasteiger partial charge in [-0.1, -0.05) is 41.9 Å². The van der Waals surface area contributed by atoms with E-state index in [4.69, 9.17) is 21.9 Å². The molecule has 5 rings (SSSR count). The third-order valence-corrected chi connectivity index (χ3v) is 6.13. The van der Waals surface area contributed by atoms with Crippen molar-refractivity contribution < 1.29 is 19.1 Å². The third kappa shape index (κ3) is 3.31. The minimum Gasteiger partial charge on any atom is -0.539 e. The lowest BCUT2D eigenvalue weighted by atomic mass is 10.1. The van der Waals surface area contributed by atoms with Crippen molar-refractivity contribution in [2.75, 3.05) is 5.73 Å². The Hall–Kier alpha value is -3.75. The molecule has 3 aromatic heterocycles. The minimum absolute atomic E-state index is 0.209. The fraction of sp³-hybridized carbons (Fsp3) is 0. The van der Waals surface area contributed by atoms with E-state index >= 15 is 0 Å². The van der Waals surface area contributed by atoms with Crippen LogP contribution in [0.5, 0.6) is 5.95 Å². The van der Waals surface area contributed by atoms with E-state index in [-0.39, 0.29) is 16.3 Å². The number of aromatic nitrogens is 3. The maximum Gasteiger partial charge on any atom is 0.312 e. The Morgan fingerprint density at radius 3 is 2.55 bits per heavy atom. The van der Waals surface area contributed by atoms with E-state index in [9.17, 15) is 9.90 Å². The van der Waals surface area contributed by atoms with Crippen LogP contribution in [0.2, 0.25) is 5.02 Å². The van der Waals surface area contributed by atoms with Crippen LogP contribution in [0.3, 0.4) is 0 Å². The van der Waals surface area contributed by atoms with Gasteiger partial charge in [0.15, 0.2) is 5.95 Å². The molecule has 31 heavy (non-hydrogen) atoms. The molecule has 2 N–H and O–H groups in total. The highest BCUT2D eigenvalue weighted by Gasteiger charge is 2.32. The number of ketones is 1. The largest absolute Gasteiger partial charge is 0.539 e. The summed E-state index contributed by atoms with van der Waals surface area (Å²) in [6, 6.07) is 19.7. The van der Waals surface area contributed by atoms with E-state index in [1.54, 1.807) is 36.4 Å². The van der Waals surface area contributed by atoms with Crippen molar-refractivity contribution in [2.45, 2.75) is 0 Å². The van der Waals surface area contributed by atoms with Gasteiger partial charge < -0.3 is 15.4 Å². The lowest BCUT2D eigenvalue weighted by Crippen LogP contribution is -2.39. The molecule has 0 saturated carbocycles. The van der Waals surface area contributed by atoms with Gasteiger partial charge in [-0.15, -0.1) is 11.3 Å². The number of benzene rings is 2. The number of anilines is 1. The topological polar surface area (TPSA) is 109 Å². The van der Waals surface area contributed by atoms with Gasteiger partial charge in [0.2, 0.25) is 5.69 Å². The van der Waals surface area contributed by atoms with Crippen LogP contribution in [0.25, 0.3) is 27.2 Å². The molecular formula is C22H13ClN4O3S. The quantitative estimate of drug-likeness (QED) is 0.331. The molecule has 0 bridgehead atoms. The average Bonchev–Trinajstić information content (AvgIpc) is 3.34. The van der Waals surface area contributed by atoms with Crippen LogP contribution in [0.4, 0.5) is 5.69 Å². The zero-order chi connectivity index (χ0) is 21.5. The Bertz CT molecular complexity index is 1430. The Balaban J connectivity index is 1.60. The van der Waals surface area contributed by atoms with Crippen molar-refractivity contribution in [1.29, 1.82) is 0 Å². The van der Waals surface area contributed by atoms with Crippen molar-refractivity contribution >= 4 is 44.6 Å². The summed E-state index contributed by atoms with van der Waals surface area (Å²) in [6.07, 6.45) is 0. The van der Waals surface area contributed by atoms with Crippen LogP contribution in [0.1, 0.15) is 15.4 Å². The van der Waals surface area contributed by atoms with Crippen LogP contribution >= 0.6 is 22.9 Å². The molecule has 3 heterocycles. The average molecular weight is 449 g/mol. The molecule has 0 aliphatic rings. The molecule has 152 valence electrons. The summed E-state index contributed by atoms with van der Waals surface area (Å²) in [5, 5.41) is 17.3. The van der Waals surface area contributed by atoms with E-state index in [1.165, 1.54) is 4.68 Å². The second-order valence-corrected chi connectivity index (χ2v) is 8.12. The number of rotatable bonds is 4. The van der Waals surface area contributed by atoms with Crippen molar-refractivity contribution in [3.05, 3.63) is 82.3 Å². The van der Waals surface area contributed by atoms with Gasteiger partial charge in [0.05, 0.1) is 16.7 Å². The first-order chi connectivity index (χ1) is 15.0. The van der Waals surface area contributed by atoms with E-state index in [0.717, 1.165) is 22.6 Å². The summed E-state index contributed by atoms with van der Waals surface area (Å²) in [5.74, 6) is -1.40. The van der Waals surface area contributed by atoms with Crippen LogP contribution in [-0.4, -0.2) is 16.0 Å². The number of nitrogen functional groups attached to an aromatic ring is 1. The van der Waals surface area contributed by atoms with Gasteiger partial charge in [-0.2, -0.15) is 0 Å². The van der Waals surface area contributed by atoms with Gasteiger partial charge in [-0.25, -0.2) is 4.98 Å². The summed E-state index contributed by atoms with van der Waals surface area (Å²) in [6.45, 7) is 0. The van der Waals surface area contributed by atoms with Crippen molar-refractivity contribution in [2.24, 2.45) is 0 Å². The van der Waals surface area contributed by atoms with E-state index in [0.29, 0.717) is 20.9 Å². The Kier molecular flexibility index (Phi) is 4.65. The normalized spacial score (nSPS) is 11.1. The molecule has 0 radical (unpaired) electrons. The smallest absolute Gasteiger partial charge is 0.312 e. The maximum atomic E-state index is 13.3. The predicted molar refractivity (Wildman–Crippen MR) is 115 cm³/mol. The highest BCUT2D eigenvalue weighted by Crippen LogP contribution is 2.36. The van der Waals surface area contributed by atoms with Crippen LogP contribution < -0.4 is 15.5 Å². The van der Waals surface area contributed by atoms with E-state index in [2.05, 4.69) is 10.3 Å². The van der Waals surface area contributed by atoms with Gasteiger partial charge >= 0.3 is 5.69 Å². The van der Waals surface area contributed by atoms with E-state index < -0.39 is 11.7 Å². The molecule has 0 fully saturated rings. The number of nitrogens with two attached hydrogens (primary N) is 1. The minimum atomic E-state index is -0.833. The third-order valence-electron chi connectivity index (χ3n) is 4.77. The summed E-state index contributed by atoms with van der Waals surface area (Å²) < 4.78 is 5.95. The number of carbonyl (C=O) groups excluding carboxylic acids is 1. The zero-order valence-corrected chi connectivity index (χ0v) is 17.4. The van der Waals surface area contributed by atoms with E-state index in [1.807, 2.05) is 30.3 Å². The maximum absolute atomic E-state index is 13.3. The van der Waals surface area contributed by atoms with Crippen molar-refractivity contribution in [3.8, 4) is 22.9 Å². The molecule has 0 saturated heterocycles. The summed E-state index contributed by atoms with van der Waals surface area (Å²) in [4.78, 5) is 18.7. The summed E-state index contributed by atoms with van der Waals surface area (Å²) in [7, 11) is 0. The molecule has 0 atom stereocenters. The highest BCUT2D eigenvalue weighted by atomic mass is 35.5. The zero-order valence-electron chi connectivity index (χ0n) is 15.8. The number of pyridine rings is 1. The number of nitrogens with zero attached hydrogens (tertiary/aromatic N) is 3. The molecule has 0 aliphatic heterocycles. The van der Waals surface area contributed by atoms with Gasteiger partial charge in [-0.3, -0.25) is 4.79 Å². The van der Waals surface area contributed by atoms with Gasteiger partial charge in [0.1, 0.15) is 9.71 Å². The van der Waals surface area contributed by atoms with Crippen molar-refractivity contribution in [3.63, 3.8) is 0 Å². The number of thiophene rings is 1. The highest BCUT2D eigenvalue weighted by molar-refractivity contribution is 7.21. The first kappa shape index (κ1) is 19.2. The molecule has 0 amide bonds. The number of halogens is 1. The Morgan fingerprint density at radius 1 is 1.06 bits per heavy atom. The monoisotopic (exact) mass is 448 g/mol. The standard InChI is InChI=1S/C22H13ClN4O3S/c23-13-8-6-12(7-9-13)16-11-10-15-17(24)20(31-21(15)25-16)19(28)18-22(29)30-26-27(18)14-4-2-1-3-5-14/h1-11H,(H2-,24,26,28,29). The molecule has 5 aromatic rings. The molecule has 2 aromatic carbocycles. The molecule has 0 unspecified atom stereocenters. The second-order valence-electron chi connectivity index (χ2n) is 6.69. The first-order valence-electron chi connectivity index (χ1n) is 9.17. The predicted octanol–water partition coefficient (Wildman–Crippen LogP) is 3.77. The summed E-state index contributed by atoms with van der Waals surface area (Å²) in [5.41, 5.74) is 8.44. The number of carbonyl (C=O) groups is 1. The second kappa shape index (κ2) is 7.50. The molecule has 0 spiro atoms. The number of hydrogen-bond donors (Lipinski definition) is 1. The first-order valence-corrected chi connectivity index (χ1v) is 10.4. The van der Waals surface area contributed by atoms with Crippen molar-refractivity contribution in [1.82, 2.24) is 10.3 Å². The Morgan fingerprint density at radius 2 is 1.81 bits per heavy atom. The Labute approximate surface area is 184 Å². The van der Waals surface area contributed by atoms with Crippen LogP contribution in [0.15, 0.2) is 71.3 Å². The summed E-state index contributed by atoms with van der Waals surface area (Å²) >= 11 is 7.08. The fourth-order valence-electron chi connectivity index (χ4n) is 3.24. The number of fused-ring (bicyclic) bond motifs is 1. The fourth-order valence-corrected chi connectivity index (χ4v) is 4.40. The SMILES string of the molecule is Nc1c(C(=O)c2c([O-])on[n+]2-c2ccccc2)sc2nc(-c3ccc(Cl)cc3)ccc12. The number of para-hydroxylation sites is 1. The lowest BCUT2D eigenvalue weighted by molar-refractivity contribution is -0.672. The van der Waals surface area contributed by atoms with Gasteiger partial charge in [-0.05, 0) is 28.9 Å². The lowest BCUT2D eigenvalue weighted by Gasteiger charge is -2.01. The van der Waals surface area contributed by atoms with Crippen LogP contribution in [0, 0.1) is 0 Å². The van der Waals surface area contributed by atoms with Gasteiger partial charge in [0.25, 0.3) is 5.78 Å². The van der Waals surface area contributed by atoms with Crippen LogP contribution in [-0.2, 0) is 0 Å². The van der Waals surface area contributed by atoms with Gasteiger partial charge in [0, 0.05) is 28.1 Å². The molecular weight excluding hydrogens is 436 g/mol. The molecule has 9 heteroatoms. The molecule has 0 aliphatic carbocycles. The molecule has 7 nitrogen and oxygen atoms in total. The number of hydrogen-bond acceptors (Lipinski definition) is 7.